The topological polar surface area (TPSA) is 61.8 Å². The van der Waals surface area contributed by atoms with Gasteiger partial charge in [-0.3, -0.25) is 9.59 Å². The third-order valence-corrected chi connectivity index (χ3v) is 6.39. The highest BCUT2D eigenvalue weighted by atomic mass is 35.5. The summed E-state index contributed by atoms with van der Waals surface area (Å²) in [5, 5.41) is 6.78. The lowest BCUT2D eigenvalue weighted by Gasteiger charge is -2.18. The van der Waals surface area contributed by atoms with Crippen molar-refractivity contribution in [3.05, 3.63) is 111 Å². The number of hydrogen-bond acceptors (Lipinski definition) is 3. The van der Waals surface area contributed by atoms with Gasteiger partial charge in [0.25, 0.3) is 11.8 Å². The van der Waals surface area contributed by atoms with Crippen molar-refractivity contribution in [2.24, 2.45) is 5.10 Å². The summed E-state index contributed by atoms with van der Waals surface area (Å²) < 4.78 is 0. The summed E-state index contributed by atoms with van der Waals surface area (Å²) in [5.41, 5.74) is 6.08. The molecular formula is C26H17Cl2N3O2. The highest BCUT2D eigenvalue weighted by Gasteiger charge is 2.29. The zero-order valence-electron chi connectivity index (χ0n) is 17.3. The van der Waals surface area contributed by atoms with E-state index in [0.29, 0.717) is 27.7 Å². The quantitative estimate of drug-likeness (QED) is 0.282. The first-order valence-corrected chi connectivity index (χ1v) is 11.0. The normalized spacial score (nSPS) is 12.7. The van der Waals surface area contributed by atoms with Crippen LogP contribution in [0.3, 0.4) is 0 Å². The van der Waals surface area contributed by atoms with Gasteiger partial charge in [0.1, 0.15) is 0 Å². The average molecular weight is 474 g/mol. The van der Waals surface area contributed by atoms with Crippen LogP contribution in [-0.4, -0.2) is 18.0 Å². The van der Waals surface area contributed by atoms with Crippen LogP contribution in [0.4, 0.5) is 5.69 Å². The van der Waals surface area contributed by atoms with Gasteiger partial charge in [-0.25, -0.2) is 5.43 Å². The Morgan fingerprint density at radius 2 is 1.67 bits per heavy atom. The number of nitrogens with zero attached hydrogens (tertiary/aromatic N) is 2. The highest BCUT2D eigenvalue weighted by molar-refractivity contribution is 6.43. The van der Waals surface area contributed by atoms with Crippen LogP contribution in [0.1, 0.15) is 31.8 Å². The highest BCUT2D eigenvalue weighted by Crippen LogP contribution is 2.38. The third-order valence-electron chi connectivity index (χ3n) is 5.56. The molecule has 4 aromatic rings. The Morgan fingerprint density at radius 1 is 0.939 bits per heavy atom. The van der Waals surface area contributed by atoms with Crippen molar-refractivity contribution < 1.29 is 9.59 Å². The summed E-state index contributed by atoms with van der Waals surface area (Å²) >= 11 is 12.1. The standard InChI is InChI=1S/C26H17Cl2N3O2/c27-21-8-2-6-19(24(21)28)14-29-30-25(32)18-12-10-16(11-13-18)15-31-22-9-3-5-17-4-1-7-20(23(17)22)26(31)33/h1-14H,15H2,(H,30,32). The van der Waals surface area contributed by atoms with E-state index in [4.69, 9.17) is 23.2 Å². The van der Waals surface area contributed by atoms with Gasteiger partial charge >= 0.3 is 0 Å². The number of carbonyl (C=O) groups excluding carboxylic acids is 2. The smallest absolute Gasteiger partial charge is 0.271 e. The molecule has 1 heterocycles. The minimum absolute atomic E-state index is 0.0161. The number of amides is 2. The number of carbonyl (C=O) groups is 2. The van der Waals surface area contributed by atoms with Crippen LogP contribution in [0, 0.1) is 0 Å². The molecule has 0 bridgehead atoms. The van der Waals surface area contributed by atoms with Gasteiger partial charge in [-0.05, 0) is 41.3 Å². The second kappa shape index (κ2) is 8.70. The Bertz CT molecular complexity index is 1430. The van der Waals surface area contributed by atoms with E-state index in [-0.39, 0.29) is 11.8 Å². The third kappa shape index (κ3) is 3.97. The van der Waals surface area contributed by atoms with E-state index in [1.807, 2.05) is 48.5 Å². The Morgan fingerprint density at radius 3 is 2.45 bits per heavy atom. The number of rotatable bonds is 5. The molecule has 1 aliphatic rings. The first-order chi connectivity index (χ1) is 16.0. The van der Waals surface area contributed by atoms with Crippen LogP contribution in [-0.2, 0) is 6.54 Å². The predicted molar refractivity (Wildman–Crippen MR) is 132 cm³/mol. The van der Waals surface area contributed by atoms with Gasteiger partial charge in [0.15, 0.2) is 0 Å². The molecule has 0 aliphatic carbocycles. The Labute approximate surface area is 200 Å². The molecule has 33 heavy (non-hydrogen) atoms. The molecule has 0 atom stereocenters. The van der Waals surface area contributed by atoms with E-state index < -0.39 is 0 Å². The van der Waals surface area contributed by atoms with E-state index in [0.717, 1.165) is 27.6 Å². The first-order valence-electron chi connectivity index (χ1n) is 10.2. The molecule has 4 aromatic carbocycles. The lowest BCUT2D eigenvalue weighted by atomic mass is 10.1. The molecule has 1 N–H and O–H groups in total. The van der Waals surface area contributed by atoms with Crippen molar-refractivity contribution in [1.29, 1.82) is 0 Å². The van der Waals surface area contributed by atoms with Gasteiger partial charge in [-0.15, -0.1) is 0 Å². The monoisotopic (exact) mass is 473 g/mol. The van der Waals surface area contributed by atoms with Crippen molar-refractivity contribution in [3.8, 4) is 0 Å². The lowest BCUT2D eigenvalue weighted by Crippen LogP contribution is -2.26. The maximum atomic E-state index is 13.0. The van der Waals surface area contributed by atoms with Crippen molar-refractivity contribution in [2.45, 2.75) is 6.54 Å². The van der Waals surface area contributed by atoms with Crippen molar-refractivity contribution in [1.82, 2.24) is 5.43 Å². The fourth-order valence-electron chi connectivity index (χ4n) is 3.93. The van der Waals surface area contributed by atoms with Crippen LogP contribution in [0.25, 0.3) is 10.8 Å². The number of hydrazone groups is 1. The summed E-state index contributed by atoms with van der Waals surface area (Å²) in [4.78, 5) is 27.2. The zero-order chi connectivity index (χ0) is 22.9. The van der Waals surface area contributed by atoms with E-state index in [9.17, 15) is 9.59 Å². The lowest BCUT2D eigenvalue weighted by molar-refractivity contribution is 0.0953. The van der Waals surface area contributed by atoms with E-state index in [2.05, 4.69) is 10.5 Å². The summed E-state index contributed by atoms with van der Waals surface area (Å²) in [6.45, 7) is 0.417. The molecule has 0 aromatic heterocycles. The molecule has 5 nitrogen and oxygen atoms in total. The van der Waals surface area contributed by atoms with E-state index in [1.54, 1.807) is 35.2 Å². The van der Waals surface area contributed by atoms with Crippen LogP contribution < -0.4 is 10.3 Å². The van der Waals surface area contributed by atoms with Crippen LogP contribution in [0.2, 0.25) is 10.0 Å². The minimum Gasteiger partial charge on any atom is -0.303 e. The largest absolute Gasteiger partial charge is 0.303 e. The molecule has 0 saturated carbocycles. The van der Waals surface area contributed by atoms with Gasteiger partial charge in [-0.1, -0.05) is 71.7 Å². The van der Waals surface area contributed by atoms with Crippen molar-refractivity contribution in [2.75, 3.05) is 4.90 Å². The molecule has 0 fully saturated rings. The number of anilines is 1. The number of benzene rings is 4. The summed E-state index contributed by atoms with van der Waals surface area (Å²) in [7, 11) is 0. The summed E-state index contributed by atoms with van der Waals surface area (Å²) in [5.74, 6) is -0.372. The molecule has 1 aliphatic heterocycles. The van der Waals surface area contributed by atoms with Crippen molar-refractivity contribution in [3.63, 3.8) is 0 Å². The van der Waals surface area contributed by atoms with Gasteiger partial charge < -0.3 is 4.90 Å². The van der Waals surface area contributed by atoms with Gasteiger partial charge in [-0.2, -0.15) is 5.10 Å². The fourth-order valence-corrected chi connectivity index (χ4v) is 4.28. The fraction of sp³-hybridized carbons (Fsp3) is 0.0385. The Balaban J connectivity index is 1.28. The molecule has 5 rings (SSSR count). The summed E-state index contributed by atoms with van der Waals surface area (Å²) in [6, 6.07) is 24.0. The van der Waals surface area contributed by atoms with Crippen LogP contribution >= 0.6 is 23.2 Å². The van der Waals surface area contributed by atoms with Gasteiger partial charge in [0.05, 0.1) is 28.5 Å². The second-order valence-electron chi connectivity index (χ2n) is 7.61. The molecule has 0 spiro atoms. The average Bonchev–Trinajstić information content (AvgIpc) is 3.10. The molecule has 0 saturated heterocycles. The van der Waals surface area contributed by atoms with Crippen LogP contribution in [0.15, 0.2) is 84.0 Å². The SMILES string of the molecule is O=C(NN=Cc1cccc(Cl)c1Cl)c1ccc(CN2C(=O)c3cccc4cccc2c34)cc1. The Kier molecular flexibility index (Phi) is 5.58. The number of nitrogens with one attached hydrogen (secondary N) is 1. The maximum Gasteiger partial charge on any atom is 0.271 e. The second-order valence-corrected chi connectivity index (χ2v) is 8.40. The van der Waals surface area contributed by atoms with E-state index >= 15 is 0 Å². The molecule has 7 heteroatoms. The molecule has 2 amide bonds. The Hall–Kier alpha value is -3.67. The molecule has 0 unspecified atom stereocenters. The minimum atomic E-state index is -0.356. The number of hydrogen-bond donors (Lipinski definition) is 1. The number of halogens is 2. The van der Waals surface area contributed by atoms with Crippen LogP contribution in [0.5, 0.6) is 0 Å². The molecule has 162 valence electrons. The molecule has 0 radical (unpaired) electrons. The van der Waals surface area contributed by atoms with Gasteiger partial charge in [0, 0.05) is 22.1 Å². The van der Waals surface area contributed by atoms with E-state index in [1.165, 1.54) is 6.21 Å². The van der Waals surface area contributed by atoms with Crippen molar-refractivity contribution >= 4 is 57.7 Å². The predicted octanol–water partition coefficient (Wildman–Crippen LogP) is 6.07. The van der Waals surface area contributed by atoms with Gasteiger partial charge in [0.2, 0.25) is 0 Å². The zero-order valence-corrected chi connectivity index (χ0v) is 18.8. The molecular weight excluding hydrogens is 457 g/mol. The summed E-state index contributed by atoms with van der Waals surface area (Å²) in [6.07, 6.45) is 1.44. The first kappa shape index (κ1) is 21.2. The maximum absolute atomic E-state index is 13.0.